The quantitative estimate of drug-likeness (QED) is 0.814. The van der Waals surface area contributed by atoms with Gasteiger partial charge in [0.2, 0.25) is 0 Å². The van der Waals surface area contributed by atoms with Crippen molar-refractivity contribution in [2.24, 2.45) is 0 Å². The average Bonchev–Trinajstić information content (AvgIpc) is 2.79. The number of fused-ring (bicyclic) bond motifs is 1. The van der Waals surface area contributed by atoms with Crippen LogP contribution in [0.2, 0.25) is 0 Å². The maximum atomic E-state index is 4.37. The van der Waals surface area contributed by atoms with E-state index in [0.29, 0.717) is 6.04 Å². The predicted octanol–water partition coefficient (Wildman–Crippen LogP) is 2.04. The van der Waals surface area contributed by atoms with Crippen LogP contribution in [0.1, 0.15) is 52.4 Å². The van der Waals surface area contributed by atoms with Gasteiger partial charge in [0.15, 0.2) is 0 Å². The van der Waals surface area contributed by atoms with Crippen LogP contribution < -0.4 is 10.7 Å². The molecule has 0 aromatic carbocycles. The van der Waals surface area contributed by atoms with Crippen LogP contribution in [-0.2, 0) is 0 Å². The lowest BCUT2D eigenvalue weighted by Gasteiger charge is -2.30. The molecule has 0 spiro atoms. The van der Waals surface area contributed by atoms with Crippen molar-refractivity contribution in [2.45, 2.75) is 58.4 Å². The monoisotopic (exact) mass is 261 g/mol. The van der Waals surface area contributed by atoms with Crippen LogP contribution >= 0.6 is 0 Å². The smallest absolute Gasteiger partial charge is 0.0931 e. The minimum Gasteiger partial charge on any atom is -0.345 e. The molecule has 106 valence electrons. The van der Waals surface area contributed by atoms with Crippen molar-refractivity contribution in [3.63, 3.8) is 0 Å². The normalized spacial score (nSPS) is 15.7. The molecule has 0 saturated heterocycles. The molecular weight excluding hydrogens is 234 g/mol. The molecule has 2 rings (SSSR count). The van der Waals surface area contributed by atoms with Crippen LogP contribution in [0, 0.1) is 0 Å². The van der Waals surface area contributed by atoms with Crippen molar-refractivity contribution in [3.05, 3.63) is 17.0 Å². The van der Waals surface area contributed by atoms with E-state index < -0.39 is 0 Å². The van der Waals surface area contributed by atoms with Gasteiger partial charge in [-0.2, -0.15) is 0 Å². The molecular formula is C16H27N3. The zero-order valence-corrected chi connectivity index (χ0v) is 12.4. The summed E-state index contributed by atoms with van der Waals surface area (Å²) < 4.78 is 0. The standard InChI is InChI=1S/C16H27N3/c1-3-5-11-19(12-6-4-2)14-7-9-15-16(10-8-14)18-13-17-15/h9-10,13-14H,3-8,11-12H2,1-2H3,(H,17,18). The zero-order chi connectivity index (χ0) is 13.5. The van der Waals surface area contributed by atoms with Gasteiger partial charge in [-0.05, 0) is 38.8 Å². The Morgan fingerprint density at radius 3 is 2.53 bits per heavy atom. The number of aromatic amines is 1. The number of unbranched alkanes of at least 4 members (excludes halogenated alkanes) is 2. The molecule has 0 aliphatic heterocycles. The van der Waals surface area contributed by atoms with Crippen LogP contribution in [0.25, 0.3) is 12.2 Å². The number of imidazole rings is 1. The van der Waals surface area contributed by atoms with E-state index in [9.17, 15) is 0 Å². The summed E-state index contributed by atoms with van der Waals surface area (Å²) in [6.07, 6.45) is 13.9. The summed E-state index contributed by atoms with van der Waals surface area (Å²) in [6, 6.07) is 0.653. The largest absolute Gasteiger partial charge is 0.345 e. The molecule has 1 N–H and O–H groups in total. The van der Waals surface area contributed by atoms with Gasteiger partial charge in [-0.3, -0.25) is 4.90 Å². The molecule has 19 heavy (non-hydrogen) atoms. The number of hydrogen-bond acceptors (Lipinski definition) is 2. The summed E-state index contributed by atoms with van der Waals surface area (Å²) >= 11 is 0. The highest BCUT2D eigenvalue weighted by atomic mass is 15.1. The van der Waals surface area contributed by atoms with Crippen LogP contribution in [0.5, 0.6) is 0 Å². The second-order valence-electron chi connectivity index (χ2n) is 5.48. The molecule has 0 unspecified atom stereocenters. The van der Waals surface area contributed by atoms with E-state index in [1.807, 2.05) is 0 Å². The first kappa shape index (κ1) is 14.3. The fourth-order valence-corrected chi connectivity index (χ4v) is 2.74. The molecule has 0 radical (unpaired) electrons. The van der Waals surface area contributed by atoms with Gasteiger partial charge in [-0.25, -0.2) is 4.98 Å². The van der Waals surface area contributed by atoms with Crippen molar-refractivity contribution in [3.8, 4) is 0 Å². The van der Waals surface area contributed by atoms with E-state index in [1.165, 1.54) is 44.1 Å². The van der Waals surface area contributed by atoms with Crippen molar-refractivity contribution < 1.29 is 0 Å². The van der Waals surface area contributed by atoms with Gasteiger partial charge in [0.1, 0.15) is 0 Å². The highest BCUT2D eigenvalue weighted by Gasteiger charge is 2.17. The minimum atomic E-state index is 0.653. The van der Waals surface area contributed by atoms with Crippen LogP contribution in [0.4, 0.5) is 0 Å². The van der Waals surface area contributed by atoms with Crippen LogP contribution in [0.15, 0.2) is 6.33 Å². The lowest BCUT2D eigenvalue weighted by molar-refractivity contribution is 0.197. The predicted molar refractivity (Wildman–Crippen MR) is 81.2 cm³/mol. The summed E-state index contributed by atoms with van der Waals surface area (Å²) in [5, 5.41) is 2.34. The topological polar surface area (TPSA) is 31.9 Å². The number of H-pyrrole nitrogens is 1. The second-order valence-corrected chi connectivity index (χ2v) is 5.48. The first-order valence-corrected chi connectivity index (χ1v) is 7.79. The molecule has 0 bridgehead atoms. The number of nitrogens with zero attached hydrogens (tertiary/aromatic N) is 2. The van der Waals surface area contributed by atoms with E-state index in [0.717, 1.165) is 18.2 Å². The summed E-state index contributed by atoms with van der Waals surface area (Å²) in [7, 11) is 0. The van der Waals surface area contributed by atoms with Gasteiger partial charge in [0, 0.05) is 6.04 Å². The Morgan fingerprint density at radius 2 is 1.84 bits per heavy atom. The molecule has 1 aromatic heterocycles. The third kappa shape index (κ3) is 3.93. The van der Waals surface area contributed by atoms with Crippen molar-refractivity contribution in [1.29, 1.82) is 0 Å². The van der Waals surface area contributed by atoms with Gasteiger partial charge in [-0.1, -0.05) is 38.8 Å². The lowest BCUT2D eigenvalue weighted by Crippen LogP contribution is -2.36. The molecule has 3 heteroatoms. The highest BCUT2D eigenvalue weighted by molar-refractivity contribution is 5.31. The first-order chi connectivity index (χ1) is 9.35. The molecule has 1 atom stereocenters. The minimum absolute atomic E-state index is 0.653. The highest BCUT2D eigenvalue weighted by Crippen LogP contribution is 2.14. The third-order valence-corrected chi connectivity index (χ3v) is 3.99. The number of hydrogen-bond donors (Lipinski definition) is 1. The van der Waals surface area contributed by atoms with Crippen molar-refractivity contribution in [2.75, 3.05) is 13.1 Å². The van der Waals surface area contributed by atoms with Gasteiger partial charge in [0.25, 0.3) is 0 Å². The Labute approximate surface area is 116 Å². The van der Waals surface area contributed by atoms with Gasteiger partial charge < -0.3 is 4.98 Å². The summed E-state index contributed by atoms with van der Waals surface area (Å²) in [5.41, 5.74) is 0. The molecule has 0 amide bonds. The van der Waals surface area contributed by atoms with Gasteiger partial charge >= 0.3 is 0 Å². The Morgan fingerprint density at radius 1 is 1.16 bits per heavy atom. The molecule has 3 nitrogen and oxygen atoms in total. The van der Waals surface area contributed by atoms with Crippen LogP contribution in [-0.4, -0.2) is 34.0 Å². The first-order valence-electron chi connectivity index (χ1n) is 7.79. The Bertz CT molecular complexity index is 434. The third-order valence-electron chi connectivity index (χ3n) is 3.99. The molecule has 1 aliphatic carbocycles. The fraction of sp³-hybridized carbons (Fsp3) is 0.688. The van der Waals surface area contributed by atoms with E-state index >= 15 is 0 Å². The fourth-order valence-electron chi connectivity index (χ4n) is 2.74. The van der Waals surface area contributed by atoms with Crippen LogP contribution in [0.3, 0.4) is 0 Å². The van der Waals surface area contributed by atoms with E-state index in [-0.39, 0.29) is 0 Å². The van der Waals surface area contributed by atoms with E-state index in [1.54, 1.807) is 6.33 Å². The van der Waals surface area contributed by atoms with Crippen molar-refractivity contribution in [1.82, 2.24) is 14.9 Å². The molecule has 1 aromatic rings. The maximum Gasteiger partial charge on any atom is 0.0931 e. The van der Waals surface area contributed by atoms with Gasteiger partial charge in [-0.15, -0.1) is 0 Å². The summed E-state index contributed by atoms with van der Waals surface area (Å²) in [4.78, 5) is 10.3. The number of aromatic nitrogens is 2. The number of nitrogens with one attached hydrogen (secondary N) is 1. The maximum absolute atomic E-state index is 4.37. The van der Waals surface area contributed by atoms with E-state index in [4.69, 9.17) is 0 Å². The molecule has 1 aliphatic rings. The SMILES string of the molecule is CCCCN(CCCC)[C@@H]1CC=c2nc[nH]c2=CC1. The second kappa shape index (κ2) is 7.49. The Balaban J connectivity index is 2.03. The van der Waals surface area contributed by atoms with Gasteiger partial charge in [0.05, 0.1) is 17.0 Å². The Hall–Kier alpha value is -1.09. The lowest BCUT2D eigenvalue weighted by atomic mass is 10.1. The summed E-state index contributed by atoms with van der Waals surface area (Å²) in [5.74, 6) is 0. The average molecular weight is 261 g/mol. The Kier molecular flexibility index (Phi) is 5.64. The molecule has 0 saturated carbocycles. The van der Waals surface area contributed by atoms with E-state index in [2.05, 4.69) is 40.9 Å². The molecule has 1 heterocycles. The van der Waals surface area contributed by atoms with Crippen molar-refractivity contribution >= 4 is 12.2 Å². The number of rotatable bonds is 7. The summed E-state index contributed by atoms with van der Waals surface area (Å²) in [6.45, 7) is 7.03. The zero-order valence-electron chi connectivity index (χ0n) is 12.4. The molecule has 0 fully saturated rings.